The van der Waals surface area contributed by atoms with E-state index in [0.29, 0.717) is 0 Å². The predicted octanol–water partition coefficient (Wildman–Crippen LogP) is -0.983. The molecule has 0 aliphatic heterocycles. The standard InChI is InChI=1S/C10H10N4O4/c1-13-3-6(2-11-13)4-14-5-7(9(16)17)8(15)12-10(14)18/h2-3,5H,4H2,1H3,(H,16,17)(H,12,15,18). The summed E-state index contributed by atoms with van der Waals surface area (Å²) >= 11 is 0. The van der Waals surface area contributed by atoms with Crippen LogP contribution in [0.2, 0.25) is 0 Å². The summed E-state index contributed by atoms with van der Waals surface area (Å²) in [7, 11) is 1.72. The molecule has 2 rings (SSSR count). The maximum absolute atomic E-state index is 11.5. The zero-order valence-electron chi connectivity index (χ0n) is 9.45. The third kappa shape index (κ3) is 2.21. The number of aromatic carboxylic acids is 1. The highest BCUT2D eigenvalue weighted by molar-refractivity contribution is 5.86. The molecule has 0 aliphatic carbocycles. The number of carboxylic acids is 1. The van der Waals surface area contributed by atoms with E-state index in [1.807, 2.05) is 4.98 Å². The van der Waals surface area contributed by atoms with Gasteiger partial charge in [0.05, 0.1) is 12.7 Å². The molecule has 0 spiro atoms. The molecule has 0 aliphatic rings. The maximum atomic E-state index is 11.5. The Labute approximate surface area is 100 Å². The fourth-order valence-corrected chi connectivity index (χ4v) is 1.53. The van der Waals surface area contributed by atoms with Gasteiger partial charge in [-0.1, -0.05) is 0 Å². The number of carbonyl (C=O) groups is 1. The van der Waals surface area contributed by atoms with Crippen LogP contribution < -0.4 is 11.2 Å². The molecule has 94 valence electrons. The minimum absolute atomic E-state index is 0.143. The van der Waals surface area contributed by atoms with Gasteiger partial charge in [0, 0.05) is 25.0 Å². The molecule has 0 unspecified atom stereocenters. The van der Waals surface area contributed by atoms with Gasteiger partial charge in [-0.3, -0.25) is 19.0 Å². The molecule has 0 aromatic carbocycles. The lowest BCUT2D eigenvalue weighted by Gasteiger charge is -2.03. The molecule has 8 nitrogen and oxygen atoms in total. The van der Waals surface area contributed by atoms with Crippen LogP contribution in [-0.2, 0) is 13.6 Å². The normalized spacial score (nSPS) is 10.5. The molecule has 2 aromatic rings. The third-order valence-corrected chi connectivity index (χ3v) is 2.35. The maximum Gasteiger partial charge on any atom is 0.342 e. The summed E-state index contributed by atoms with van der Waals surface area (Å²) in [4.78, 5) is 35.5. The van der Waals surface area contributed by atoms with Crippen LogP contribution in [0.4, 0.5) is 0 Å². The van der Waals surface area contributed by atoms with Crippen molar-refractivity contribution in [1.82, 2.24) is 19.3 Å². The van der Waals surface area contributed by atoms with Crippen molar-refractivity contribution in [3.63, 3.8) is 0 Å². The average molecular weight is 250 g/mol. The van der Waals surface area contributed by atoms with Crippen LogP contribution in [0.25, 0.3) is 0 Å². The minimum Gasteiger partial charge on any atom is -0.477 e. The SMILES string of the molecule is Cn1cc(Cn2cc(C(=O)O)c(=O)[nH]c2=O)cn1. The highest BCUT2D eigenvalue weighted by atomic mass is 16.4. The first kappa shape index (κ1) is 11.8. The second-order valence-corrected chi connectivity index (χ2v) is 3.76. The van der Waals surface area contributed by atoms with Gasteiger partial charge in [-0.05, 0) is 0 Å². The zero-order chi connectivity index (χ0) is 13.3. The van der Waals surface area contributed by atoms with Gasteiger partial charge in [0.15, 0.2) is 0 Å². The van der Waals surface area contributed by atoms with Crippen LogP contribution in [-0.4, -0.2) is 30.4 Å². The number of carboxylic acid groups (broad SMARTS) is 1. The third-order valence-electron chi connectivity index (χ3n) is 2.35. The van der Waals surface area contributed by atoms with Crippen molar-refractivity contribution in [1.29, 1.82) is 0 Å². The fourth-order valence-electron chi connectivity index (χ4n) is 1.53. The summed E-state index contributed by atoms with van der Waals surface area (Å²) in [6.07, 6.45) is 4.27. The van der Waals surface area contributed by atoms with Crippen LogP contribution in [0, 0.1) is 0 Å². The second kappa shape index (κ2) is 4.32. The van der Waals surface area contributed by atoms with E-state index < -0.39 is 22.8 Å². The van der Waals surface area contributed by atoms with Gasteiger partial charge in [-0.15, -0.1) is 0 Å². The Hall–Kier alpha value is -2.64. The lowest BCUT2D eigenvalue weighted by Crippen LogP contribution is -2.33. The monoisotopic (exact) mass is 250 g/mol. The molecule has 2 aromatic heterocycles. The second-order valence-electron chi connectivity index (χ2n) is 3.76. The molecule has 18 heavy (non-hydrogen) atoms. The van der Waals surface area contributed by atoms with E-state index in [0.717, 1.165) is 16.3 Å². The molecule has 0 bridgehead atoms. The molecule has 0 saturated heterocycles. The number of hydrogen-bond donors (Lipinski definition) is 2. The fraction of sp³-hybridized carbons (Fsp3) is 0.200. The van der Waals surface area contributed by atoms with E-state index >= 15 is 0 Å². The smallest absolute Gasteiger partial charge is 0.342 e. The Morgan fingerprint density at radius 3 is 2.72 bits per heavy atom. The van der Waals surface area contributed by atoms with E-state index in [-0.39, 0.29) is 6.54 Å². The molecular weight excluding hydrogens is 240 g/mol. The van der Waals surface area contributed by atoms with Gasteiger partial charge >= 0.3 is 11.7 Å². The highest BCUT2D eigenvalue weighted by Gasteiger charge is 2.11. The number of aryl methyl sites for hydroxylation is 1. The van der Waals surface area contributed by atoms with E-state index in [1.165, 1.54) is 0 Å². The molecule has 0 radical (unpaired) electrons. The van der Waals surface area contributed by atoms with Crippen LogP contribution >= 0.6 is 0 Å². The minimum atomic E-state index is -1.38. The zero-order valence-corrected chi connectivity index (χ0v) is 9.45. The van der Waals surface area contributed by atoms with Crippen molar-refractivity contribution < 1.29 is 9.90 Å². The summed E-state index contributed by atoms with van der Waals surface area (Å²) in [6.45, 7) is 0.143. The molecule has 0 amide bonds. The Kier molecular flexibility index (Phi) is 2.84. The van der Waals surface area contributed by atoms with Gasteiger partial charge in [0.1, 0.15) is 5.56 Å². The first-order valence-electron chi connectivity index (χ1n) is 5.02. The van der Waals surface area contributed by atoms with Gasteiger partial charge in [0.2, 0.25) is 0 Å². The van der Waals surface area contributed by atoms with Crippen LogP contribution in [0.3, 0.4) is 0 Å². The first-order valence-corrected chi connectivity index (χ1v) is 5.02. The van der Waals surface area contributed by atoms with Crippen molar-refractivity contribution >= 4 is 5.97 Å². The summed E-state index contributed by atoms with van der Waals surface area (Å²) in [6, 6.07) is 0. The van der Waals surface area contributed by atoms with Gasteiger partial charge in [0.25, 0.3) is 5.56 Å². The number of nitrogens with zero attached hydrogens (tertiary/aromatic N) is 3. The van der Waals surface area contributed by atoms with E-state index in [1.54, 1.807) is 24.1 Å². The van der Waals surface area contributed by atoms with Gasteiger partial charge < -0.3 is 5.11 Å². The molecule has 0 saturated carbocycles. The molecular formula is C10H10N4O4. The molecule has 2 N–H and O–H groups in total. The number of aromatic nitrogens is 4. The Morgan fingerprint density at radius 1 is 1.44 bits per heavy atom. The summed E-state index contributed by atoms with van der Waals surface area (Å²) in [5, 5.41) is 12.7. The van der Waals surface area contributed by atoms with Crippen LogP contribution in [0.1, 0.15) is 15.9 Å². The van der Waals surface area contributed by atoms with Crippen molar-refractivity contribution in [3.8, 4) is 0 Å². The lowest BCUT2D eigenvalue weighted by atomic mass is 10.3. The van der Waals surface area contributed by atoms with E-state index in [9.17, 15) is 14.4 Å². The summed E-state index contributed by atoms with van der Waals surface area (Å²) in [5.74, 6) is -1.38. The van der Waals surface area contributed by atoms with E-state index in [2.05, 4.69) is 5.10 Å². The molecule has 0 atom stereocenters. The van der Waals surface area contributed by atoms with Crippen LogP contribution in [0.15, 0.2) is 28.2 Å². The average Bonchev–Trinajstić information content (AvgIpc) is 2.67. The molecule has 0 fully saturated rings. The van der Waals surface area contributed by atoms with Gasteiger partial charge in [-0.2, -0.15) is 5.10 Å². The Balaban J connectivity index is 2.45. The largest absolute Gasteiger partial charge is 0.477 e. The molecule has 8 heteroatoms. The number of aromatic amines is 1. The topological polar surface area (TPSA) is 110 Å². The predicted molar refractivity (Wildman–Crippen MR) is 60.6 cm³/mol. The number of nitrogens with one attached hydrogen (secondary N) is 1. The summed E-state index contributed by atoms with van der Waals surface area (Å²) < 4.78 is 2.67. The lowest BCUT2D eigenvalue weighted by molar-refractivity contribution is 0.0693. The van der Waals surface area contributed by atoms with E-state index in [4.69, 9.17) is 5.11 Å². The Bertz CT molecular complexity index is 709. The Morgan fingerprint density at radius 2 is 2.17 bits per heavy atom. The van der Waals surface area contributed by atoms with Crippen molar-refractivity contribution in [2.75, 3.05) is 0 Å². The van der Waals surface area contributed by atoms with Crippen molar-refractivity contribution in [2.24, 2.45) is 7.05 Å². The quantitative estimate of drug-likeness (QED) is 0.727. The van der Waals surface area contributed by atoms with Crippen LogP contribution in [0.5, 0.6) is 0 Å². The number of hydrogen-bond acceptors (Lipinski definition) is 4. The number of rotatable bonds is 3. The van der Waals surface area contributed by atoms with Crippen molar-refractivity contribution in [3.05, 3.63) is 50.6 Å². The summed E-state index contributed by atoms with van der Waals surface area (Å²) in [5.41, 5.74) is -1.31. The van der Waals surface area contributed by atoms with Gasteiger partial charge in [-0.25, -0.2) is 9.59 Å². The first-order chi connectivity index (χ1) is 8.47. The number of H-pyrrole nitrogens is 1. The van der Waals surface area contributed by atoms with Crippen molar-refractivity contribution in [2.45, 2.75) is 6.54 Å². The highest BCUT2D eigenvalue weighted by Crippen LogP contribution is 1.98. The molecule has 2 heterocycles.